The van der Waals surface area contributed by atoms with E-state index in [1.165, 1.54) is 141 Å². The molecule has 0 amide bonds. The Bertz CT molecular complexity index is 1800. The molecule has 83 heavy (non-hydrogen) atoms. The number of esters is 3. The number of carbonyl (C=O) groups excluding carboxylic acids is 3. The normalized spacial score (nSPS) is 13.0. The number of allylic oxidation sites excluding steroid dienone is 23. The molecule has 0 spiro atoms. The highest BCUT2D eigenvalue weighted by molar-refractivity contribution is 5.72. The van der Waals surface area contributed by atoms with E-state index in [1.807, 2.05) is 6.08 Å². The molecule has 1 unspecified atom stereocenters. The monoisotopic (exact) mass is 1150 g/mol. The molecule has 0 fully saturated rings. The molecule has 0 aliphatic heterocycles. The first-order chi connectivity index (χ1) is 41.0. The van der Waals surface area contributed by atoms with E-state index in [9.17, 15) is 14.4 Å². The van der Waals surface area contributed by atoms with Gasteiger partial charge in [0.2, 0.25) is 0 Å². The van der Waals surface area contributed by atoms with Gasteiger partial charge in [-0.3, -0.25) is 14.4 Å². The van der Waals surface area contributed by atoms with Crippen molar-refractivity contribution in [1.29, 1.82) is 0 Å². The van der Waals surface area contributed by atoms with Crippen molar-refractivity contribution in [2.45, 2.75) is 309 Å². The summed E-state index contributed by atoms with van der Waals surface area (Å²) >= 11 is 0. The predicted molar refractivity (Wildman–Crippen MR) is 362 cm³/mol. The van der Waals surface area contributed by atoms with Crippen molar-refractivity contribution >= 4 is 17.9 Å². The molecular weight excluding hydrogens is 1020 g/mol. The van der Waals surface area contributed by atoms with Crippen LogP contribution in [0.5, 0.6) is 0 Å². The van der Waals surface area contributed by atoms with Crippen molar-refractivity contribution in [2.75, 3.05) is 13.2 Å². The zero-order valence-electron chi connectivity index (χ0n) is 53.9. The number of unbranched alkanes of at least 4 members (excludes halogenated alkanes) is 27. The largest absolute Gasteiger partial charge is 0.462 e. The number of rotatable bonds is 61. The standard InChI is InChI=1S/C77H126O6/c1-4-7-10-13-16-19-22-25-28-30-32-33-34-35-36-37-38-39-40-41-42-43-45-46-49-52-55-58-61-64-67-70-76(79)82-73-74(72-81-75(78)69-66-63-60-57-54-51-48-27-24-21-18-15-12-9-6-3)83-77(80)71-68-65-62-59-56-53-50-47-44-31-29-26-23-20-17-14-11-8-5-2/h8-9,11-12,17-18,20-22,25-27,29-30,32,34-35,44,47-48,54,57,63,66,74H,4-7,10,13-16,19,23-24,28,31,33,36-43,45-46,49-53,55-56,58-62,64-65,67-73H2,1-3H3/b11-8-,12-9-,20-17-,21-18-,25-22-,29-26-,32-30-,35-34-,47-44-,48-27-,57-54-,66-63-. The minimum Gasteiger partial charge on any atom is -0.462 e. The second-order valence-corrected chi connectivity index (χ2v) is 22.3. The Balaban J connectivity index is 4.34. The lowest BCUT2D eigenvalue weighted by molar-refractivity contribution is -0.166. The number of carbonyl (C=O) groups is 3. The maximum Gasteiger partial charge on any atom is 0.309 e. The molecule has 0 aromatic rings. The Morgan fingerprint density at radius 2 is 0.518 bits per heavy atom. The highest BCUT2D eigenvalue weighted by Crippen LogP contribution is 2.16. The van der Waals surface area contributed by atoms with Gasteiger partial charge in [-0.15, -0.1) is 0 Å². The van der Waals surface area contributed by atoms with Gasteiger partial charge in [-0.25, -0.2) is 0 Å². The third-order valence-corrected chi connectivity index (χ3v) is 14.3. The summed E-state index contributed by atoms with van der Waals surface area (Å²) in [6, 6.07) is 0. The topological polar surface area (TPSA) is 78.9 Å². The van der Waals surface area contributed by atoms with Crippen LogP contribution < -0.4 is 0 Å². The lowest BCUT2D eigenvalue weighted by Crippen LogP contribution is -2.30. The molecule has 6 nitrogen and oxygen atoms in total. The number of ether oxygens (including phenoxy) is 3. The van der Waals surface area contributed by atoms with Crippen molar-refractivity contribution in [1.82, 2.24) is 0 Å². The summed E-state index contributed by atoms with van der Waals surface area (Å²) < 4.78 is 16.8. The van der Waals surface area contributed by atoms with E-state index in [1.54, 1.807) is 6.08 Å². The van der Waals surface area contributed by atoms with Gasteiger partial charge < -0.3 is 14.2 Å². The van der Waals surface area contributed by atoms with Crippen LogP contribution in [0.25, 0.3) is 0 Å². The van der Waals surface area contributed by atoms with Crippen LogP contribution in [0.2, 0.25) is 0 Å². The molecule has 0 aromatic carbocycles. The van der Waals surface area contributed by atoms with Crippen molar-refractivity contribution in [3.8, 4) is 0 Å². The fourth-order valence-electron chi connectivity index (χ4n) is 9.28. The smallest absolute Gasteiger partial charge is 0.309 e. The van der Waals surface area contributed by atoms with Crippen LogP contribution in [-0.2, 0) is 28.6 Å². The van der Waals surface area contributed by atoms with Crippen LogP contribution in [-0.4, -0.2) is 37.2 Å². The fraction of sp³-hybridized carbons (Fsp3) is 0.649. The van der Waals surface area contributed by atoms with E-state index < -0.39 is 12.1 Å². The molecule has 0 heterocycles. The van der Waals surface area contributed by atoms with Crippen LogP contribution in [0, 0.1) is 0 Å². The van der Waals surface area contributed by atoms with E-state index in [4.69, 9.17) is 14.2 Å². The summed E-state index contributed by atoms with van der Waals surface area (Å²) in [5, 5.41) is 0. The van der Waals surface area contributed by atoms with Crippen LogP contribution >= 0.6 is 0 Å². The van der Waals surface area contributed by atoms with Gasteiger partial charge in [-0.1, -0.05) is 308 Å². The third kappa shape index (κ3) is 68.0. The van der Waals surface area contributed by atoms with Crippen LogP contribution in [0.3, 0.4) is 0 Å². The first-order valence-electron chi connectivity index (χ1n) is 34.3. The van der Waals surface area contributed by atoms with Crippen LogP contribution in [0.15, 0.2) is 146 Å². The zero-order chi connectivity index (χ0) is 59.9. The molecule has 0 N–H and O–H groups in total. The van der Waals surface area contributed by atoms with E-state index in [0.29, 0.717) is 6.42 Å². The molecule has 0 rings (SSSR count). The van der Waals surface area contributed by atoms with Crippen LogP contribution in [0.4, 0.5) is 0 Å². The average Bonchev–Trinajstić information content (AvgIpc) is 3.50. The third-order valence-electron chi connectivity index (χ3n) is 14.3. The summed E-state index contributed by atoms with van der Waals surface area (Å²) in [5.41, 5.74) is 0. The number of hydrogen-bond donors (Lipinski definition) is 0. The molecule has 0 radical (unpaired) electrons. The fourth-order valence-corrected chi connectivity index (χ4v) is 9.28. The first-order valence-corrected chi connectivity index (χ1v) is 34.3. The Morgan fingerprint density at radius 3 is 0.843 bits per heavy atom. The molecular formula is C77H126O6. The van der Waals surface area contributed by atoms with Gasteiger partial charge >= 0.3 is 17.9 Å². The molecule has 6 heteroatoms. The first kappa shape index (κ1) is 78.3. The van der Waals surface area contributed by atoms with Crippen molar-refractivity contribution < 1.29 is 28.6 Å². The van der Waals surface area contributed by atoms with E-state index >= 15 is 0 Å². The summed E-state index contributed by atoms with van der Waals surface area (Å²) in [7, 11) is 0. The SMILES string of the molecule is CC/C=C\C/C=C\C/C=C\C/C=C\C/C=C\CC(=O)OCC(COC(=O)CCCCCCCCCCCCCCCCCC/C=C\C/C=C\C/C=C\CCCCCCC)OC(=O)CCCCCCCC/C=C\C/C=C\C/C=C\C/C=C\CC. The Kier molecular flexibility index (Phi) is 65.8. The Hall–Kier alpha value is -4.71. The lowest BCUT2D eigenvalue weighted by Gasteiger charge is -2.18. The highest BCUT2D eigenvalue weighted by Gasteiger charge is 2.19. The van der Waals surface area contributed by atoms with Gasteiger partial charge in [0.15, 0.2) is 6.10 Å². The predicted octanol–water partition coefficient (Wildman–Crippen LogP) is 23.9. The maximum atomic E-state index is 12.9. The summed E-state index contributed by atoms with van der Waals surface area (Å²) in [5.74, 6) is -1.06. The molecule has 0 saturated heterocycles. The summed E-state index contributed by atoms with van der Waals surface area (Å²) in [6.45, 7) is 6.32. The van der Waals surface area contributed by atoms with Crippen molar-refractivity contribution in [3.05, 3.63) is 146 Å². The second kappa shape index (κ2) is 69.8. The van der Waals surface area contributed by atoms with Gasteiger partial charge in [-0.05, 0) is 122 Å². The average molecular weight is 1150 g/mol. The highest BCUT2D eigenvalue weighted by atomic mass is 16.6. The van der Waals surface area contributed by atoms with Gasteiger partial charge in [0.25, 0.3) is 0 Å². The van der Waals surface area contributed by atoms with Gasteiger partial charge in [0.05, 0.1) is 6.42 Å². The van der Waals surface area contributed by atoms with Crippen molar-refractivity contribution in [2.24, 2.45) is 0 Å². The quantitative estimate of drug-likeness (QED) is 0.0261. The van der Waals surface area contributed by atoms with Crippen molar-refractivity contribution in [3.63, 3.8) is 0 Å². The minimum absolute atomic E-state index is 0.117. The van der Waals surface area contributed by atoms with E-state index in [2.05, 4.69) is 154 Å². The Labute approximate surface area is 512 Å². The molecule has 0 saturated carbocycles. The van der Waals surface area contributed by atoms with Crippen LogP contribution in [0.1, 0.15) is 303 Å². The molecule has 470 valence electrons. The molecule has 1 atom stereocenters. The Morgan fingerprint density at radius 1 is 0.265 bits per heavy atom. The van der Waals surface area contributed by atoms with E-state index in [0.717, 1.165) is 122 Å². The van der Waals surface area contributed by atoms with Gasteiger partial charge in [0, 0.05) is 12.8 Å². The minimum atomic E-state index is -0.833. The molecule has 0 aliphatic rings. The maximum absolute atomic E-state index is 12.9. The van der Waals surface area contributed by atoms with Gasteiger partial charge in [-0.2, -0.15) is 0 Å². The zero-order valence-corrected chi connectivity index (χ0v) is 53.9. The van der Waals surface area contributed by atoms with E-state index in [-0.39, 0.29) is 38.0 Å². The molecule has 0 aromatic heterocycles. The number of hydrogen-bond acceptors (Lipinski definition) is 6. The van der Waals surface area contributed by atoms with Gasteiger partial charge in [0.1, 0.15) is 13.2 Å². The summed E-state index contributed by atoms with van der Waals surface area (Å²) in [6.07, 6.45) is 100. The summed E-state index contributed by atoms with van der Waals surface area (Å²) in [4.78, 5) is 38.3. The second-order valence-electron chi connectivity index (χ2n) is 22.3. The lowest BCUT2D eigenvalue weighted by atomic mass is 10.0. The molecule has 0 aliphatic carbocycles. The molecule has 0 bridgehead atoms.